The summed E-state index contributed by atoms with van der Waals surface area (Å²) in [6.07, 6.45) is 83.6. The Balaban J connectivity index is 5.44. The second-order valence-corrected chi connectivity index (χ2v) is 30.2. The number of allylic oxidation sites excluding steroid dienone is 18. The standard InChI is InChI=1S/C85H148O17P2/c1-5-9-13-17-21-25-29-33-37-38-39-40-44-48-52-56-60-64-68-72-85(90)102-81(76-96-83(88)70-66-62-58-54-50-46-42-35-31-27-23-19-15-11-7-3)78-100-104(93,94)98-74-79(86)73-97-103(91,92)99-77-80(101-84(89)71-67-63-59-55-51-47-43-36-32-28-24-20-16-12-8-4)75-95-82(87)69-65-61-57-53-49-45-41-34-30-26-22-18-14-10-6-2/h9,13,21,25,27,31,33-34,36-37,39-41,43,48,52,60,64,79-81,86H,5-8,10-12,14-20,22-24,26,28-30,32,35,38,42,44-47,49-51,53-59,61-63,65-78H2,1-4H3,(H,91,92)(H,93,94)/b13-9-,25-21-,31-27-,37-33-,40-39-,41-34-,43-36-,52-48-,64-60-/t79-,80-,81-/m1/s1. The predicted molar refractivity (Wildman–Crippen MR) is 427 cm³/mol. The molecule has 600 valence electrons. The van der Waals surface area contributed by atoms with Crippen LogP contribution in [0.2, 0.25) is 0 Å². The van der Waals surface area contributed by atoms with Crippen molar-refractivity contribution in [1.29, 1.82) is 0 Å². The van der Waals surface area contributed by atoms with E-state index in [1.54, 1.807) is 0 Å². The summed E-state index contributed by atoms with van der Waals surface area (Å²) >= 11 is 0. The Labute approximate surface area is 632 Å². The lowest BCUT2D eigenvalue weighted by Crippen LogP contribution is -2.30. The number of phosphoric acid groups is 2. The van der Waals surface area contributed by atoms with Crippen molar-refractivity contribution in [2.75, 3.05) is 39.6 Å². The first-order chi connectivity index (χ1) is 50.7. The minimum Gasteiger partial charge on any atom is -0.462 e. The van der Waals surface area contributed by atoms with E-state index in [2.05, 4.69) is 119 Å². The SMILES string of the molecule is CC/C=C\C/C=C\C/C=C\C/C=C\C/C=C\C/C=C\CCC(=O)O[C@H](COC(=O)CCCCCCCCC/C=C\CCCCCC)COP(=O)(O)OC[C@H](O)COP(=O)(O)OC[C@@H](COC(=O)CCCCCCC/C=C\CCCCCCCC)OC(=O)CCCCCCC/C=C\CCCCCCCC. The topological polar surface area (TPSA) is 237 Å². The molecular weight excluding hydrogens is 1350 g/mol. The van der Waals surface area contributed by atoms with Gasteiger partial charge in [0.05, 0.1) is 26.4 Å². The molecule has 0 rings (SSSR count). The molecule has 2 unspecified atom stereocenters. The second-order valence-electron chi connectivity index (χ2n) is 27.3. The van der Waals surface area contributed by atoms with Gasteiger partial charge in [-0.25, -0.2) is 9.13 Å². The summed E-state index contributed by atoms with van der Waals surface area (Å²) in [6.45, 7) is 4.67. The fourth-order valence-electron chi connectivity index (χ4n) is 10.9. The van der Waals surface area contributed by atoms with Crippen LogP contribution in [0.5, 0.6) is 0 Å². The van der Waals surface area contributed by atoms with Gasteiger partial charge >= 0.3 is 39.5 Å². The number of unbranched alkanes of at least 4 members (excludes halogenated alkanes) is 33. The van der Waals surface area contributed by atoms with Crippen LogP contribution in [0.15, 0.2) is 109 Å². The van der Waals surface area contributed by atoms with Gasteiger partial charge in [0, 0.05) is 25.7 Å². The number of aliphatic hydroxyl groups excluding tert-OH is 1. The molecule has 0 aliphatic carbocycles. The summed E-state index contributed by atoms with van der Waals surface area (Å²) in [7, 11) is -9.99. The maximum absolute atomic E-state index is 13.1. The molecule has 0 amide bonds. The third-order valence-corrected chi connectivity index (χ3v) is 19.1. The number of esters is 4. The van der Waals surface area contributed by atoms with E-state index in [1.807, 2.05) is 18.2 Å². The third-order valence-electron chi connectivity index (χ3n) is 17.2. The molecule has 0 aliphatic rings. The summed E-state index contributed by atoms with van der Waals surface area (Å²) in [5, 5.41) is 10.6. The Morgan fingerprint density at radius 1 is 0.279 bits per heavy atom. The molecule has 0 radical (unpaired) electrons. The van der Waals surface area contributed by atoms with Crippen molar-refractivity contribution in [2.45, 2.75) is 367 Å². The van der Waals surface area contributed by atoms with Gasteiger partial charge < -0.3 is 33.8 Å². The van der Waals surface area contributed by atoms with E-state index in [4.69, 9.17) is 37.0 Å². The molecule has 104 heavy (non-hydrogen) atoms. The largest absolute Gasteiger partial charge is 0.472 e. The highest BCUT2D eigenvalue weighted by Crippen LogP contribution is 2.45. The first-order valence-electron chi connectivity index (χ1n) is 41.1. The van der Waals surface area contributed by atoms with E-state index in [-0.39, 0.29) is 25.7 Å². The number of hydrogen-bond acceptors (Lipinski definition) is 15. The Morgan fingerprint density at radius 3 is 0.837 bits per heavy atom. The van der Waals surface area contributed by atoms with Crippen LogP contribution < -0.4 is 0 Å². The van der Waals surface area contributed by atoms with Crippen LogP contribution in [-0.4, -0.2) is 96.7 Å². The summed E-state index contributed by atoms with van der Waals surface area (Å²) in [6, 6.07) is 0. The molecule has 0 aromatic rings. The third kappa shape index (κ3) is 75.9. The van der Waals surface area contributed by atoms with Gasteiger partial charge in [0.15, 0.2) is 12.2 Å². The monoisotopic (exact) mass is 1500 g/mol. The molecule has 5 atom stereocenters. The van der Waals surface area contributed by atoms with E-state index >= 15 is 0 Å². The molecule has 0 aliphatic heterocycles. The number of carbonyl (C=O) groups is 4. The molecule has 19 heteroatoms. The minimum absolute atomic E-state index is 0.0317. The van der Waals surface area contributed by atoms with Crippen molar-refractivity contribution in [3.8, 4) is 0 Å². The van der Waals surface area contributed by atoms with Crippen molar-refractivity contribution >= 4 is 39.5 Å². The van der Waals surface area contributed by atoms with Crippen LogP contribution in [0.1, 0.15) is 349 Å². The molecule has 0 spiro atoms. The van der Waals surface area contributed by atoms with Gasteiger partial charge in [0.2, 0.25) is 0 Å². The van der Waals surface area contributed by atoms with Gasteiger partial charge in [0.25, 0.3) is 0 Å². The Bertz CT molecular complexity index is 2390. The van der Waals surface area contributed by atoms with Gasteiger partial charge in [-0.1, -0.05) is 291 Å². The highest BCUT2D eigenvalue weighted by Gasteiger charge is 2.30. The molecule has 0 bridgehead atoms. The average molecular weight is 1500 g/mol. The Kier molecular flexibility index (Phi) is 73.7. The zero-order valence-corrected chi connectivity index (χ0v) is 67.5. The first kappa shape index (κ1) is 99.7. The lowest BCUT2D eigenvalue weighted by molar-refractivity contribution is -0.161. The Hall–Kier alpha value is -4.28. The van der Waals surface area contributed by atoms with Crippen LogP contribution in [-0.2, 0) is 65.4 Å². The van der Waals surface area contributed by atoms with E-state index in [9.17, 15) is 43.2 Å². The van der Waals surface area contributed by atoms with Gasteiger partial charge in [-0.2, -0.15) is 0 Å². The lowest BCUT2D eigenvalue weighted by atomic mass is 10.1. The maximum Gasteiger partial charge on any atom is 0.472 e. The summed E-state index contributed by atoms with van der Waals surface area (Å²) in [4.78, 5) is 73.0. The van der Waals surface area contributed by atoms with E-state index in [1.165, 1.54) is 109 Å². The lowest BCUT2D eigenvalue weighted by Gasteiger charge is -2.21. The molecule has 3 N–H and O–H groups in total. The molecule has 0 heterocycles. The van der Waals surface area contributed by atoms with Crippen LogP contribution in [0.3, 0.4) is 0 Å². The molecule has 0 fully saturated rings. The predicted octanol–water partition coefficient (Wildman–Crippen LogP) is 24.1. The van der Waals surface area contributed by atoms with Crippen molar-refractivity contribution in [3.05, 3.63) is 109 Å². The van der Waals surface area contributed by atoms with Gasteiger partial charge in [0.1, 0.15) is 19.3 Å². The summed E-state index contributed by atoms with van der Waals surface area (Å²) in [5.74, 6) is -2.28. The van der Waals surface area contributed by atoms with E-state index < -0.39 is 97.5 Å². The summed E-state index contributed by atoms with van der Waals surface area (Å²) < 4.78 is 68.6. The van der Waals surface area contributed by atoms with E-state index in [0.717, 1.165) is 154 Å². The van der Waals surface area contributed by atoms with Gasteiger partial charge in [-0.3, -0.25) is 37.3 Å². The second kappa shape index (κ2) is 76.9. The molecule has 17 nitrogen and oxygen atoms in total. The number of ether oxygens (including phenoxy) is 4. The maximum atomic E-state index is 13.1. The normalized spacial score (nSPS) is 14.4. The van der Waals surface area contributed by atoms with Gasteiger partial charge in [-0.05, 0) is 141 Å². The van der Waals surface area contributed by atoms with Crippen LogP contribution in [0.4, 0.5) is 0 Å². The fourth-order valence-corrected chi connectivity index (χ4v) is 12.5. The van der Waals surface area contributed by atoms with Crippen molar-refractivity contribution in [3.63, 3.8) is 0 Å². The van der Waals surface area contributed by atoms with Gasteiger partial charge in [-0.15, -0.1) is 0 Å². The average Bonchev–Trinajstić information content (AvgIpc) is 0.943. The molecule has 0 aromatic carbocycles. The molecular formula is C85H148O17P2. The van der Waals surface area contributed by atoms with Crippen molar-refractivity contribution in [1.82, 2.24) is 0 Å². The Morgan fingerprint density at radius 2 is 0.519 bits per heavy atom. The molecule has 0 aromatic heterocycles. The van der Waals surface area contributed by atoms with E-state index in [0.29, 0.717) is 32.1 Å². The van der Waals surface area contributed by atoms with Crippen molar-refractivity contribution < 1.29 is 80.2 Å². The number of phosphoric ester groups is 2. The zero-order valence-electron chi connectivity index (χ0n) is 65.7. The van der Waals surface area contributed by atoms with Crippen LogP contribution >= 0.6 is 15.6 Å². The summed E-state index contributed by atoms with van der Waals surface area (Å²) in [5.41, 5.74) is 0. The van der Waals surface area contributed by atoms with Crippen LogP contribution in [0.25, 0.3) is 0 Å². The smallest absolute Gasteiger partial charge is 0.462 e. The molecule has 0 saturated heterocycles. The number of aliphatic hydroxyl groups is 1. The first-order valence-corrected chi connectivity index (χ1v) is 44.1. The number of hydrogen-bond donors (Lipinski definition) is 3. The zero-order chi connectivity index (χ0) is 76.0. The van der Waals surface area contributed by atoms with Crippen molar-refractivity contribution in [2.24, 2.45) is 0 Å². The highest BCUT2D eigenvalue weighted by atomic mass is 31.2. The fraction of sp³-hybridized carbons (Fsp3) is 0.741. The minimum atomic E-state index is -5.00. The number of rotatable bonds is 77. The number of carbonyl (C=O) groups excluding carboxylic acids is 4. The quantitative estimate of drug-likeness (QED) is 0.0169. The van der Waals surface area contributed by atoms with Crippen LogP contribution in [0, 0.1) is 0 Å². The molecule has 0 saturated carbocycles. The highest BCUT2D eigenvalue weighted by molar-refractivity contribution is 7.47.